The zero-order valence-corrected chi connectivity index (χ0v) is 17.6. The third-order valence-corrected chi connectivity index (χ3v) is 8.27. The maximum atomic E-state index is 14.2. The predicted octanol–water partition coefficient (Wildman–Crippen LogP) is 3.94. The quantitative estimate of drug-likeness (QED) is 0.761. The second kappa shape index (κ2) is 5.51. The zero-order chi connectivity index (χ0) is 20.2. The van der Waals surface area contributed by atoms with Crippen LogP contribution in [0.1, 0.15) is 52.5 Å². The number of nitrogens with zero attached hydrogens (tertiary/aromatic N) is 1. The van der Waals surface area contributed by atoms with Crippen molar-refractivity contribution in [2.45, 2.75) is 77.1 Å². The van der Waals surface area contributed by atoms with Gasteiger partial charge in [-0.2, -0.15) is 0 Å². The number of carbonyl (C=O) groups is 1. The van der Waals surface area contributed by atoms with Gasteiger partial charge in [0.15, 0.2) is 5.79 Å². The summed E-state index contributed by atoms with van der Waals surface area (Å²) in [6, 6.07) is 10.3. The number of amides is 1. The van der Waals surface area contributed by atoms with Gasteiger partial charge in [-0.05, 0) is 49.2 Å². The molecule has 6 rings (SSSR count). The molecule has 2 saturated heterocycles. The summed E-state index contributed by atoms with van der Waals surface area (Å²) in [5.41, 5.74) is 1.65. The SMILES string of the molecule is CC1(C)O[C@@H]2[C@H](O1)[C@@H]1C[C@H]2N(C(=O)[C@]23CC[C@H](C=C2c2ccccc2)C3(C)C)O1. The molecule has 154 valence electrons. The van der Waals surface area contributed by atoms with Gasteiger partial charge in [0.05, 0.1) is 11.5 Å². The maximum Gasteiger partial charge on any atom is 0.257 e. The summed E-state index contributed by atoms with van der Waals surface area (Å²) in [6.07, 6.45) is 4.79. The van der Waals surface area contributed by atoms with Gasteiger partial charge in [0.1, 0.15) is 18.3 Å². The molecule has 0 N–H and O–H groups in total. The minimum Gasteiger partial charge on any atom is -0.342 e. The number of fused-ring (bicyclic) bond motifs is 7. The smallest absolute Gasteiger partial charge is 0.257 e. The Morgan fingerprint density at radius 1 is 1.07 bits per heavy atom. The molecule has 0 spiro atoms. The monoisotopic (exact) mass is 395 g/mol. The first kappa shape index (κ1) is 18.1. The van der Waals surface area contributed by atoms with E-state index >= 15 is 0 Å². The average molecular weight is 395 g/mol. The molecule has 4 fully saturated rings. The van der Waals surface area contributed by atoms with Crippen LogP contribution in [0.5, 0.6) is 0 Å². The van der Waals surface area contributed by atoms with Gasteiger partial charge < -0.3 is 9.47 Å². The molecule has 6 atom stereocenters. The van der Waals surface area contributed by atoms with Gasteiger partial charge in [-0.1, -0.05) is 50.3 Å². The Kier molecular flexibility index (Phi) is 3.44. The van der Waals surface area contributed by atoms with Crippen molar-refractivity contribution in [3.63, 3.8) is 0 Å². The summed E-state index contributed by atoms with van der Waals surface area (Å²) in [5.74, 6) is -0.0938. The van der Waals surface area contributed by atoms with Crippen molar-refractivity contribution in [2.75, 3.05) is 0 Å². The van der Waals surface area contributed by atoms with Crippen LogP contribution in [0.2, 0.25) is 0 Å². The Morgan fingerprint density at radius 3 is 2.52 bits per heavy atom. The van der Waals surface area contributed by atoms with Crippen molar-refractivity contribution in [1.29, 1.82) is 0 Å². The minimum absolute atomic E-state index is 0.0684. The number of allylic oxidation sites excluding steroid dienone is 1. The third kappa shape index (κ3) is 2.14. The Labute approximate surface area is 171 Å². The van der Waals surface area contributed by atoms with Gasteiger partial charge >= 0.3 is 0 Å². The summed E-state index contributed by atoms with van der Waals surface area (Å²) < 4.78 is 12.2. The molecule has 1 aromatic rings. The fourth-order valence-corrected chi connectivity index (χ4v) is 6.80. The number of hydrogen-bond acceptors (Lipinski definition) is 4. The lowest BCUT2D eigenvalue weighted by Crippen LogP contribution is -2.56. The van der Waals surface area contributed by atoms with Crippen molar-refractivity contribution in [3.05, 3.63) is 42.0 Å². The Bertz CT molecular complexity index is 907. The van der Waals surface area contributed by atoms with Gasteiger partial charge in [0, 0.05) is 6.42 Å². The topological polar surface area (TPSA) is 48.0 Å². The second-order valence-electron chi connectivity index (χ2n) is 10.4. The van der Waals surface area contributed by atoms with Crippen molar-refractivity contribution in [2.24, 2.45) is 16.7 Å². The second-order valence-corrected chi connectivity index (χ2v) is 10.4. The van der Waals surface area contributed by atoms with Gasteiger partial charge in [0.25, 0.3) is 5.91 Å². The predicted molar refractivity (Wildman–Crippen MR) is 107 cm³/mol. The van der Waals surface area contributed by atoms with Crippen molar-refractivity contribution in [3.8, 4) is 0 Å². The van der Waals surface area contributed by atoms with Crippen molar-refractivity contribution >= 4 is 11.5 Å². The molecule has 5 aliphatic rings. The number of ether oxygens (including phenoxy) is 2. The number of hydrogen-bond donors (Lipinski definition) is 0. The fraction of sp³-hybridized carbons (Fsp3) is 0.625. The molecule has 1 aromatic carbocycles. The van der Waals surface area contributed by atoms with Gasteiger partial charge in [-0.25, -0.2) is 5.06 Å². The highest BCUT2D eigenvalue weighted by Gasteiger charge is 2.69. The molecule has 3 aliphatic carbocycles. The molecular weight excluding hydrogens is 366 g/mol. The molecule has 2 aliphatic heterocycles. The largest absolute Gasteiger partial charge is 0.342 e. The summed E-state index contributed by atoms with van der Waals surface area (Å²) in [4.78, 5) is 20.4. The molecule has 2 heterocycles. The van der Waals surface area contributed by atoms with Gasteiger partial charge in [-0.15, -0.1) is 0 Å². The van der Waals surface area contributed by atoms with Crippen molar-refractivity contribution < 1.29 is 19.1 Å². The molecule has 5 nitrogen and oxygen atoms in total. The van der Waals surface area contributed by atoms with E-state index in [0.717, 1.165) is 24.8 Å². The normalized spacial score (nSPS) is 43.0. The van der Waals surface area contributed by atoms with Crippen LogP contribution in [-0.4, -0.2) is 41.1 Å². The lowest BCUT2D eigenvalue weighted by molar-refractivity contribution is -0.231. The van der Waals surface area contributed by atoms with E-state index in [1.54, 1.807) is 5.06 Å². The average Bonchev–Trinajstić information content (AvgIpc) is 3.44. The number of hydroxylamine groups is 2. The Balaban J connectivity index is 1.38. The summed E-state index contributed by atoms with van der Waals surface area (Å²) in [6.45, 7) is 8.38. The first-order valence-corrected chi connectivity index (χ1v) is 10.9. The van der Waals surface area contributed by atoms with E-state index < -0.39 is 11.2 Å². The van der Waals surface area contributed by atoms with E-state index in [-0.39, 0.29) is 35.7 Å². The first-order chi connectivity index (χ1) is 13.7. The summed E-state index contributed by atoms with van der Waals surface area (Å²) in [7, 11) is 0. The molecule has 0 radical (unpaired) electrons. The maximum absolute atomic E-state index is 14.2. The van der Waals surface area contributed by atoms with Crippen LogP contribution in [0, 0.1) is 16.7 Å². The fourth-order valence-electron chi connectivity index (χ4n) is 6.80. The lowest BCUT2D eigenvalue weighted by Gasteiger charge is -2.44. The van der Waals surface area contributed by atoms with E-state index in [1.165, 1.54) is 5.57 Å². The molecule has 2 saturated carbocycles. The Morgan fingerprint density at radius 2 is 1.79 bits per heavy atom. The van der Waals surface area contributed by atoms with Crippen LogP contribution in [0.4, 0.5) is 0 Å². The van der Waals surface area contributed by atoms with Crippen LogP contribution < -0.4 is 0 Å². The molecular formula is C24H29NO4. The van der Waals surface area contributed by atoms with E-state index in [1.807, 2.05) is 19.9 Å². The highest BCUT2D eigenvalue weighted by Crippen LogP contribution is 2.69. The number of benzene rings is 1. The van der Waals surface area contributed by atoms with Crippen LogP contribution in [0.25, 0.3) is 5.57 Å². The van der Waals surface area contributed by atoms with E-state index in [2.05, 4.69) is 44.2 Å². The first-order valence-electron chi connectivity index (χ1n) is 10.9. The molecule has 0 unspecified atom stereocenters. The van der Waals surface area contributed by atoms with E-state index in [4.69, 9.17) is 14.3 Å². The number of carbonyl (C=O) groups excluding carboxylic acids is 1. The van der Waals surface area contributed by atoms with Crippen molar-refractivity contribution in [1.82, 2.24) is 5.06 Å². The van der Waals surface area contributed by atoms with E-state index in [0.29, 0.717) is 5.92 Å². The molecule has 29 heavy (non-hydrogen) atoms. The minimum atomic E-state index is -0.618. The third-order valence-electron chi connectivity index (χ3n) is 8.27. The standard InChI is InChI=1S/C24H29NO4/c1-22(2)15-10-11-24(22,16(12-15)14-8-6-5-7-9-14)21(26)25-17-13-18(29-25)20-19(17)27-23(3,4)28-20/h5-9,12,15,17-20H,10-11,13H2,1-4H3/t15-,17-,18+,19+,20-,24+/m1/s1. The Hall–Kier alpha value is -1.69. The molecule has 0 aromatic heterocycles. The highest BCUT2D eigenvalue weighted by atomic mass is 16.8. The van der Waals surface area contributed by atoms with Crippen LogP contribution in [-0.2, 0) is 19.1 Å². The molecule has 5 heteroatoms. The van der Waals surface area contributed by atoms with Crippen LogP contribution >= 0.6 is 0 Å². The van der Waals surface area contributed by atoms with E-state index in [9.17, 15) is 4.79 Å². The molecule has 4 bridgehead atoms. The summed E-state index contributed by atoms with van der Waals surface area (Å²) >= 11 is 0. The van der Waals surface area contributed by atoms with Gasteiger partial charge in [-0.3, -0.25) is 9.63 Å². The zero-order valence-electron chi connectivity index (χ0n) is 17.6. The van der Waals surface area contributed by atoms with Crippen LogP contribution in [0.15, 0.2) is 36.4 Å². The highest BCUT2D eigenvalue weighted by molar-refractivity contribution is 5.99. The summed E-state index contributed by atoms with van der Waals surface area (Å²) in [5, 5.41) is 1.68. The van der Waals surface area contributed by atoms with Gasteiger partial charge in [0.2, 0.25) is 0 Å². The molecule has 1 amide bonds. The lowest BCUT2D eigenvalue weighted by atomic mass is 9.64. The van der Waals surface area contributed by atoms with Crippen LogP contribution in [0.3, 0.4) is 0 Å². The number of rotatable bonds is 2.